The van der Waals surface area contributed by atoms with E-state index < -0.39 is 0 Å². The highest BCUT2D eigenvalue weighted by atomic mass is 35.5. The van der Waals surface area contributed by atoms with E-state index >= 15 is 0 Å². The first-order valence-electron chi connectivity index (χ1n) is 4.49. The van der Waals surface area contributed by atoms with Gasteiger partial charge in [-0.15, -0.1) is 0 Å². The van der Waals surface area contributed by atoms with Crippen LogP contribution in [0.3, 0.4) is 0 Å². The van der Waals surface area contributed by atoms with Crippen LogP contribution in [0.2, 0.25) is 10.0 Å². The Morgan fingerprint density at radius 3 is 2.60 bits per heavy atom. The molecule has 0 spiro atoms. The molecule has 0 bridgehead atoms. The third kappa shape index (κ3) is 3.18. The average Bonchev–Trinajstić information content (AvgIpc) is 2.21. The third-order valence-electron chi connectivity index (χ3n) is 2.11. The summed E-state index contributed by atoms with van der Waals surface area (Å²) in [5, 5.41) is 1.09. The predicted molar refractivity (Wildman–Crippen MR) is 68.4 cm³/mol. The van der Waals surface area contributed by atoms with Gasteiger partial charge in [0.25, 0.3) is 0 Å². The average molecular weight is 266 g/mol. The largest absolute Gasteiger partial charge is 0.495 e. The van der Waals surface area contributed by atoms with Gasteiger partial charge in [-0.2, -0.15) is 12.6 Å². The van der Waals surface area contributed by atoms with Gasteiger partial charge in [-0.25, -0.2) is 0 Å². The van der Waals surface area contributed by atoms with Gasteiger partial charge in [-0.3, -0.25) is 0 Å². The molecule has 0 aromatic heterocycles. The summed E-state index contributed by atoms with van der Waals surface area (Å²) in [7, 11) is 1.55. The van der Waals surface area contributed by atoms with Gasteiger partial charge in [0.2, 0.25) is 0 Å². The van der Waals surface area contributed by atoms with Gasteiger partial charge in [0.1, 0.15) is 5.75 Å². The fourth-order valence-corrected chi connectivity index (χ4v) is 2.10. The molecular weight excluding hydrogens is 253 g/mol. The summed E-state index contributed by atoms with van der Waals surface area (Å²) in [5.41, 5.74) is 6.76. The minimum absolute atomic E-state index is 0.140. The Morgan fingerprint density at radius 2 is 2.07 bits per heavy atom. The van der Waals surface area contributed by atoms with Crippen molar-refractivity contribution in [2.45, 2.75) is 12.5 Å². The van der Waals surface area contributed by atoms with Crippen LogP contribution in [0.5, 0.6) is 5.75 Å². The summed E-state index contributed by atoms with van der Waals surface area (Å²) in [6.45, 7) is 0. The smallest absolute Gasteiger partial charge is 0.138 e. The molecule has 0 saturated heterocycles. The first-order chi connectivity index (χ1) is 7.10. The SMILES string of the molecule is COc1cc(Cl)c(C(N)CCS)cc1Cl. The molecular formula is C10H13Cl2NOS. The van der Waals surface area contributed by atoms with E-state index in [1.54, 1.807) is 19.2 Å². The lowest BCUT2D eigenvalue weighted by Crippen LogP contribution is -2.11. The summed E-state index contributed by atoms with van der Waals surface area (Å²) >= 11 is 16.2. The molecule has 0 radical (unpaired) electrons. The zero-order valence-corrected chi connectivity index (χ0v) is 10.7. The Kier molecular flexibility index (Phi) is 5.06. The highest BCUT2D eigenvalue weighted by Crippen LogP contribution is 2.34. The van der Waals surface area contributed by atoms with Crippen LogP contribution in [-0.4, -0.2) is 12.9 Å². The number of thiol groups is 1. The van der Waals surface area contributed by atoms with Gasteiger partial charge in [-0.1, -0.05) is 23.2 Å². The van der Waals surface area contributed by atoms with Gasteiger partial charge in [0.15, 0.2) is 0 Å². The topological polar surface area (TPSA) is 35.2 Å². The molecule has 1 aromatic rings. The molecule has 0 aliphatic heterocycles. The maximum absolute atomic E-state index is 6.07. The number of hydrogen-bond acceptors (Lipinski definition) is 3. The van der Waals surface area contributed by atoms with Crippen LogP contribution in [0.4, 0.5) is 0 Å². The summed E-state index contributed by atoms with van der Waals surface area (Å²) < 4.78 is 5.05. The van der Waals surface area contributed by atoms with E-state index in [2.05, 4.69) is 12.6 Å². The van der Waals surface area contributed by atoms with Crippen molar-refractivity contribution in [3.63, 3.8) is 0 Å². The molecule has 0 aliphatic carbocycles. The monoisotopic (exact) mass is 265 g/mol. The highest BCUT2D eigenvalue weighted by Gasteiger charge is 2.13. The highest BCUT2D eigenvalue weighted by molar-refractivity contribution is 7.80. The number of methoxy groups -OCH3 is 1. The Bertz CT molecular complexity index is 346. The molecule has 1 rings (SSSR count). The Hall–Kier alpha value is -0.0900. The van der Waals surface area contributed by atoms with Crippen LogP contribution in [0, 0.1) is 0 Å². The van der Waals surface area contributed by atoms with E-state index in [4.69, 9.17) is 33.7 Å². The molecule has 2 N–H and O–H groups in total. The van der Waals surface area contributed by atoms with Crippen molar-refractivity contribution < 1.29 is 4.74 Å². The summed E-state index contributed by atoms with van der Waals surface area (Å²) in [6.07, 6.45) is 0.755. The van der Waals surface area contributed by atoms with Crippen molar-refractivity contribution in [3.05, 3.63) is 27.7 Å². The van der Waals surface area contributed by atoms with E-state index in [1.165, 1.54) is 0 Å². The van der Waals surface area contributed by atoms with Gasteiger partial charge in [-0.05, 0) is 23.8 Å². The Balaban J connectivity index is 3.04. The van der Waals surface area contributed by atoms with Crippen LogP contribution in [0.25, 0.3) is 0 Å². The van der Waals surface area contributed by atoms with Gasteiger partial charge < -0.3 is 10.5 Å². The second-order valence-electron chi connectivity index (χ2n) is 3.13. The second kappa shape index (κ2) is 5.85. The number of hydrogen-bond donors (Lipinski definition) is 2. The van der Waals surface area contributed by atoms with Crippen LogP contribution in [0.15, 0.2) is 12.1 Å². The molecule has 84 valence electrons. The van der Waals surface area contributed by atoms with Crippen molar-refractivity contribution in [1.82, 2.24) is 0 Å². The van der Waals surface area contributed by atoms with E-state index in [-0.39, 0.29) is 6.04 Å². The number of rotatable bonds is 4. The van der Waals surface area contributed by atoms with Gasteiger partial charge in [0, 0.05) is 17.1 Å². The lowest BCUT2D eigenvalue weighted by Gasteiger charge is -2.14. The molecule has 1 aromatic carbocycles. The van der Waals surface area contributed by atoms with Crippen LogP contribution < -0.4 is 10.5 Å². The van der Waals surface area contributed by atoms with Crippen molar-refractivity contribution >= 4 is 35.8 Å². The first-order valence-corrected chi connectivity index (χ1v) is 5.88. The van der Waals surface area contributed by atoms with Crippen LogP contribution in [-0.2, 0) is 0 Å². The summed E-state index contributed by atoms with van der Waals surface area (Å²) in [6, 6.07) is 3.28. The maximum Gasteiger partial charge on any atom is 0.138 e. The molecule has 0 amide bonds. The molecule has 0 heterocycles. The summed E-state index contributed by atoms with van der Waals surface area (Å²) in [5.74, 6) is 1.27. The standard InChI is InChI=1S/C10H13Cl2NOS/c1-14-10-5-7(11)6(4-8(10)12)9(13)2-3-15/h4-5,9,15H,2-3,13H2,1H3. The Labute approximate surface area is 105 Å². The van der Waals surface area contributed by atoms with E-state index in [0.717, 1.165) is 12.0 Å². The van der Waals surface area contributed by atoms with Crippen molar-refractivity contribution in [2.24, 2.45) is 5.73 Å². The van der Waals surface area contributed by atoms with Gasteiger partial charge in [0.05, 0.1) is 12.1 Å². The molecule has 1 atom stereocenters. The zero-order valence-electron chi connectivity index (χ0n) is 8.34. The molecule has 1 unspecified atom stereocenters. The molecule has 15 heavy (non-hydrogen) atoms. The van der Waals surface area contributed by atoms with Crippen molar-refractivity contribution in [3.8, 4) is 5.75 Å². The summed E-state index contributed by atoms with van der Waals surface area (Å²) in [4.78, 5) is 0. The first kappa shape index (κ1) is 13.0. The quantitative estimate of drug-likeness (QED) is 0.820. The lowest BCUT2D eigenvalue weighted by molar-refractivity contribution is 0.415. The zero-order chi connectivity index (χ0) is 11.4. The number of ether oxygens (including phenoxy) is 1. The predicted octanol–water partition coefficient (Wildman–Crippen LogP) is 3.32. The minimum Gasteiger partial charge on any atom is -0.495 e. The molecule has 2 nitrogen and oxygen atoms in total. The van der Waals surface area contributed by atoms with E-state index in [1.807, 2.05) is 0 Å². The molecule has 0 aliphatic rings. The van der Waals surface area contributed by atoms with Crippen molar-refractivity contribution in [1.29, 1.82) is 0 Å². The number of halogens is 2. The number of benzene rings is 1. The minimum atomic E-state index is -0.140. The van der Waals surface area contributed by atoms with Crippen molar-refractivity contribution in [2.75, 3.05) is 12.9 Å². The second-order valence-corrected chi connectivity index (χ2v) is 4.39. The molecule has 0 fully saturated rings. The maximum atomic E-state index is 6.07. The Morgan fingerprint density at radius 1 is 1.40 bits per heavy atom. The normalized spacial score (nSPS) is 12.6. The van der Waals surface area contributed by atoms with E-state index in [9.17, 15) is 0 Å². The molecule has 5 heteroatoms. The number of nitrogens with two attached hydrogens (primary N) is 1. The molecule has 0 saturated carbocycles. The van der Waals surface area contributed by atoms with Gasteiger partial charge >= 0.3 is 0 Å². The fraction of sp³-hybridized carbons (Fsp3) is 0.400. The lowest BCUT2D eigenvalue weighted by atomic mass is 10.1. The fourth-order valence-electron chi connectivity index (χ4n) is 1.28. The van der Waals surface area contributed by atoms with Crippen LogP contribution in [0.1, 0.15) is 18.0 Å². The third-order valence-corrected chi connectivity index (χ3v) is 2.99. The van der Waals surface area contributed by atoms with Crippen LogP contribution >= 0.6 is 35.8 Å². The van der Waals surface area contributed by atoms with E-state index in [0.29, 0.717) is 21.5 Å².